The Bertz CT molecular complexity index is 477. The van der Waals surface area contributed by atoms with Crippen LogP contribution < -0.4 is 5.32 Å². The normalized spacial score (nSPS) is 10.3. The topological polar surface area (TPSA) is 66.4 Å². The molecule has 0 saturated heterocycles. The molecule has 2 N–H and O–H groups in total. The van der Waals surface area contributed by atoms with E-state index in [0.29, 0.717) is 23.6 Å². The van der Waals surface area contributed by atoms with Gasteiger partial charge in [-0.05, 0) is 25.0 Å². The number of nitrogens with one attached hydrogen (secondary N) is 1. The second kappa shape index (κ2) is 8.82. The van der Waals surface area contributed by atoms with Crippen LogP contribution in [-0.2, 0) is 4.79 Å². The molecule has 0 aliphatic rings. The van der Waals surface area contributed by atoms with Crippen molar-refractivity contribution in [2.45, 2.75) is 32.1 Å². The molecular formula is C14H17Cl2NO3. The first-order chi connectivity index (χ1) is 9.52. The zero-order valence-corrected chi connectivity index (χ0v) is 12.5. The highest BCUT2D eigenvalue weighted by Gasteiger charge is 2.11. The van der Waals surface area contributed by atoms with Crippen LogP contribution in [0.3, 0.4) is 0 Å². The minimum atomic E-state index is -0.770. The van der Waals surface area contributed by atoms with E-state index in [1.807, 2.05) is 0 Å². The van der Waals surface area contributed by atoms with E-state index in [9.17, 15) is 9.59 Å². The van der Waals surface area contributed by atoms with E-state index in [0.717, 1.165) is 19.3 Å². The smallest absolute Gasteiger partial charge is 0.303 e. The first-order valence-electron chi connectivity index (χ1n) is 6.46. The summed E-state index contributed by atoms with van der Waals surface area (Å²) in [7, 11) is 0. The van der Waals surface area contributed by atoms with Crippen LogP contribution in [0.25, 0.3) is 0 Å². The van der Waals surface area contributed by atoms with E-state index in [1.165, 1.54) is 0 Å². The Morgan fingerprint density at radius 2 is 1.80 bits per heavy atom. The highest BCUT2D eigenvalue weighted by molar-refractivity contribution is 6.43. The summed E-state index contributed by atoms with van der Waals surface area (Å²) in [6.07, 6.45) is 3.41. The van der Waals surface area contributed by atoms with Crippen molar-refractivity contribution in [3.63, 3.8) is 0 Å². The lowest BCUT2D eigenvalue weighted by Crippen LogP contribution is -2.24. The number of halogens is 2. The molecule has 0 bridgehead atoms. The van der Waals surface area contributed by atoms with Crippen LogP contribution in [0, 0.1) is 0 Å². The number of amides is 1. The number of carbonyl (C=O) groups is 2. The molecule has 0 radical (unpaired) electrons. The molecule has 0 heterocycles. The highest BCUT2D eigenvalue weighted by Crippen LogP contribution is 2.25. The maximum absolute atomic E-state index is 11.9. The van der Waals surface area contributed by atoms with E-state index >= 15 is 0 Å². The largest absolute Gasteiger partial charge is 0.481 e. The van der Waals surface area contributed by atoms with Crippen LogP contribution in [0.15, 0.2) is 18.2 Å². The van der Waals surface area contributed by atoms with Gasteiger partial charge in [0.15, 0.2) is 0 Å². The molecule has 1 aromatic rings. The fraction of sp³-hybridized carbons (Fsp3) is 0.429. The SMILES string of the molecule is O=C(O)CCCCCCNC(=O)c1cccc(Cl)c1Cl. The van der Waals surface area contributed by atoms with Gasteiger partial charge in [0, 0.05) is 13.0 Å². The Morgan fingerprint density at radius 3 is 2.50 bits per heavy atom. The van der Waals surface area contributed by atoms with Gasteiger partial charge in [0.05, 0.1) is 15.6 Å². The lowest BCUT2D eigenvalue weighted by Gasteiger charge is -2.07. The Labute approximate surface area is 128 Å². The van der Waals surface area contributed by atoms with Crippen molar-refractivity contribution in [1.29, 1.82) is 0 Å². The number of carboxylic acid groups (broad SMARTS) is 1. The Morgan fingerprint density at radius 1 is 1.10 bits per heavy atom. The molecule has 1 amide bonds. The van der Waals surface area contributed by atoms with Crippen LogP contribution in [0.2, 0.25) is 10.0 Å². The summed E-state index contributed by atoms with van der Waals surface area (Å²) in [6, 6.07) is 4.93. The third-order valence-electron chi connectivity index (χ3n) is 2.80. The molecule has 4 nitrogen and oxygen atoms in total. The average molecular weight is 318 g/mol. The van der Waals surface area contributed by atoms with Crippen molar-refractivity contribution in [3.8, 4) is 0 Å². The van der Waals surface area contributed by atoms with Crippen LogP contribution in [-0.4, -0.2) is 23.5 Å². The molecular weight excluding hydrogens is 301 g/mol. The molecule has 0 saturated carbocycles. The number of hydrogen-bond acceptors (Lipinski definition) is 2. The number of carboxylic acids is 1. The van der Waals surface area contributed by atoms with Crippen LogP contribution in [0.5, 0.6) is 0 Å². The average Bonchev–Trinajstić information content (AvgIpc) is 2.40. The number of hydrogen-bond donors (Lipinski definition) is 2. The van der Waals surface area contributed by atoms with Crippen molar-refractivity contribution in [2.75, 3.05) is 6.54 Å². The molecule has 0 fully saturated rings. The number of unbranched alkanes of at least 4 members (excludes halogenated alkanes) is 3. The van der Waals surface area contributed by atoms with Gasteiger partial charge in [0.25, 0.3) is 5.91 Å². The zero-order chi connectivity index (χ0) is 15.0. The van der Waals surface area contributed by atoms with Crippen molar-refractivity contribution in [1.82, 2.24) is 5.32 Å². The third-order valence-corrected chi connectivity index (χ3v) is 3.62. The van der Waals surface area contributed by atoms with Gasteiger partial charge in [-0.25, -0.2) is 0 Å². The fourth-order valence-corrected chi connectivity index (χ4v) is 2.12. The van der Waals surface area contributed by atoms with Gasteiger partial charge in [-0.15, -0.1) is 0 Å². The summed E-state index contributed by atoms with van der Waals surface area (Å²) in [5, 5.41) is 11.9. The van der Waals surface area contributed by atoms with E-state index in [-0.39, 0.29) is 17.4 Å². The molecule has 0 atom stereocenters. The number of benzene rings is 1. The molecule has 110 valence electrons. The molecule has 0 aliphatic carbocycles. The number of aliphatic carboxylic acids is 1. The van der Waals surface area contributed by atoms with Crippen LogP contribution in [0.4, 0.5) is 0 Å². The van der Waals surface area contributed by atoms with Gasteiger partial charge >= 0.3 is 5.97 Å². The van der Waals surface area contributed by atoms with Crippen LogP contribution in [0.1, 0.15) is 42.5 Å². The number of rotatable bonds is 8. The summed E-state index contributed by atoms with van der Waals surface area (Å²) in [4.78, 5) is 22.2. The maximum Gasteiger partial charge on any atom is 0.303 e. The van der Waals surface area contributed by atoms with E-state index in [1.54, 1.807) is 18.2 Å². The summed E-state index contributed by atoms with van der Waals surface area (Å²) >= 11 is 11.8. The lowest BCUT2D eigenvalue weighted by molar-refractivity contribution is -0.137. The van der Waals surface area contributed by atoms with Crippen molar-refractivity contribution < 1.29 is 14.7 Å². The van der Waals surface area contributed by atoms with E-state index < -0.39 is 5.97 Å². The molecule has 6 heteroatoms. The highest BCUT2D eigenvalue weighted by atomic mass is 35.5. The summed E-state index contributed by atoms with van der Waals surface area (Å²) < 4.78 is 0. The maximum atomic E-state index is 11.9. The minimum Gasteiger partial charge on any atom is -0.481 e. The zero-order valence-electron chi connectivity index (χ0n) is 11.0. The van der Waals surface area contributed by atoms with E-state index in [2.05, 4.69) is 5.32 Å². The molecule has 0 unspecified atom stereocenters. The Balaban J connectivity index is 2.24. The monoisotopic (exact) mass is 317 g/mol. The molecule has 20 heavy (non-hydrogen) atoms. The van der Waals surface area contributed by atoms with Crippen molar-refractivity contribution in [2.24, 2.45) is 0 Å². The van der Waals surface area contributed by atoms with Gasteiger partial charge in [-0.2, -0.15) is 0 Å². The van der Waals surface area contributed by atoms with Gasteiger partial charge < -0.3 is 10.4 Å². The first kappa shape index (κ1) is 16.8. The fourth-order valence-electron chi connectivity index (χ4n) is 1.73. The van der Waals surface area contributed by atoms with Crippen molar-refractivity contribution >= 4 is 35.1 Å². The van der Waals surface area contributed by atoms with Crippen molar-refractivity contribution in [3.05, 3.63) is 33.8 Å². The molecule has 0 aromatic heterocycles. The second-order valence-corrected chi connectivity index (χ2v) is 5.20. The van der Waals surface area contributed by atoms with E-state index in [4.69, 9.17) is 28.3 Å². The quantitative estimate of drug-likeness (QED) is 0.717. The predicted octanol–water partition coefficient (Wildman–Crippen LogP) is 3.76. The molecule has 1 rings (SSSR count). The molecule has 0 spiro atoms. The van der Waals surface area contributed by atoms with Gasteiger partial charge in [0.1, 0.15) is 0 Å². The predicted molar refractivity (Wildman–Crippen MR) is 79.5 cm³/mol. The molecule has 0 aliphatic heterocycles. The number of carbonyl (C=O) groups excluding carboxylic acids is 1. The first-order valence-corrected chi connectivity index (χ1v) is 7.22. The minimum absolute atomic E-state index is 0.199. The summed E-state index contributed by atoms with van der Waals surface area (Å²) in [6.45, 7) is 0.536. The Hall–Kier alpha value is -1.26. The lowest BCUT2D eigenvalue weighted by atomic mass is 10.1. The van der Waals surface area contributed by atoms with Gasteiger partial charge in [-0.1, -0.05) is 42.1 Å². The second-order valence-electron chi connectivity index (χ2n) is 4.42. The standard InChI is InChI=1S/C14H17Cl2NO3/c15-11-7-5-6-10(13(11)16)14(20)17-9-4-2-1-3-8-12(18)19/h5-7H,1-4,8-9H2,(H,17,20)(H,18,19). The summed E-state index contributed by atoms with van der Waals surface area (Å²) in [5.74, 6) is -1.02. The van der Waals surface area contributed by atoms with Gasteiger partial charge in [0.2, 0.25) is 0 Å². The van der Waals surface area contributed by atoms with Crippen LogP contribution >= 0.6 is 23.2 Å². The summed E-state index contributed by atoms with van der Waals surface area (Å²) in [5.41, 5.74) is 0.366. The van der Waals surface area contributed by atoms with Gasteiger partial charge in [-0.3, -0.25) is 9.59 Å². The Kier molecular flexibility index (Phi) is 7.41. The third kappa shape index (κ3) is 5.80. The molecule has 1 aromatic carbocycles.